The maximum absolute atomic E-state index is 14.0. The summed E-state index contributed by atoms with van der Waals surface area (Å²) in [7, 11) is 1.66. The molecule has 0 aliphatic carbocycles. The average molecular weight is 414 g/mol. The Morgan fingerprint density at radius 2 is 1.93 bits per heavy atom. The van der Waals surface area contributed by atoms with Gasteiger partial charge in [-0.3, -0.25) is 9.59 Å². The topological polar surface area (TPSA) is 81.0 Å². The Morgan fingerprint density at radius 1 is 1.17 bits per heavy atom. The maximum atomic E-state index is 14.0. The zero-order chi connectivity index (χ0) is 20.3. The normalized spacial score (nSPS) is 16.3. The van der Waals surface area contributed by atoms with E-state index in [4.69, 9.17) is 0 Å². The van der Waals surface area contributed by atoms with E-state index < -0.39 is 23.2 Å². The van der Waals surface area contributed by atoms with Crippen molar-refractivity contribution < 1.29 is 13.6 Å². The predicted octanol–water partition coefficient (Wildman–Crippen LogP) is 3.27. The highest BCUT2D eigenvalue weighted by atomic mass is 32.1. The zero-order valence-electron chi connectivity index (χ0n) is 15.3. The van der Waals surface area contributed by atoms with Gasteiger partial charge in [0.1, 0.15) is 5.69 Å². The van der Waals surface area contributed by atoms with Crippen molar-refractivity contribution in [3.8, 4) is 0 Å². The molecule has 1 aliphatic heterocycles. The Bertz CT molecular complexity index is 1310. The van der Waals surface area contributed by atoms with Crippen LogP contribution in [0.15, 0.2) is 34.4 Å². The largest absolute Gasteiger partial charge is 0.350 e. The summed E-state index contributed by atoms with van der Waals surface area (Å²) in [4.78, 5) is 32.9. The molecule has 148 valence electrons. The van der Waals surface area contributed by atoms with Gasteiger partial charge >= 0.3 is 0 Å². The number of likely N-dealkylation sites (N-methyl/N-ethyl adjacent to an activating group) is 1. The molecule has 1 atom stereocenters. The molecule has 9 heteroatoms. The minimum absolute atomic E-state index is 0.0655. The fourth-order valence-corrected chi connectivity index (χ4v) is 4.76. The first-order chi connectivity index (χ1) is 13.9. The highest BCUT2D eigenvalue weighted by molar-refractivity contribution is 7.17. The molecule has 6 nitrogen and oxygen atoms in total. The predicted molar refractivity (Wildman–Crippen MR) is 107 cm³/mol. The van der Waals surface area contributed by atoms with E-state index in [-0.39, 0.29) is 11.3 Å². The van der Waals surface area contributed by atoms with Crippen LogP contribution in [0, 0.1) is 11.6 Å². The number of hydrogen-bond acceptors (Lipinski definition) is 4. The number of pyridine rings is 1. The van der Waals surface area contributed by atoms with E-state index in [0.29, 0.717) is 35.4 Å². The summed E-state index contributed by atoms with van der Waals surface area (Å²) in [5, 5.41) is 5.51. The maximum Gasteiger partial charge on any atom is 0.270 e. The number of hydrogen-bond donors (Lipinski definition) is 3. The van der Waals surface area contributed by atoms with Gasteiger partial charge in [-0.1, -0.05) is 0 Å². The quantitative estimate of drug-likeness (QED) is 0.471. The molecular weight excluding hydrogens is 398 g/mol. The Kier molecular flexibility index (Phi) is 4.04. The molecule has 0 bridgehead atoms. The Morgan fingerprint density at radius 3 is 2.69 bits per heavy atom. The van der Waals surface area contributed by atoms with Gasteiger partial charge in [-0.2, -0.15) is 0 Å². The molecule has 0 radical (unpaired) electrons. The molecule has 4 heterocycles. The lowest BCUT2D eigenvalue weighted by atomic mass is 9.93. The molecule has 29 heavy (non-hydrogen) atoms. The number of nitrogens with zero attached hydrogens (tertiary/aromatic N) is 1. The second-order valence-corrected chi connectivity index (χ2v) is 8.05. The van der Waals surface area contributed by atoms with Crippen molar-refractivity contribution in [2.24, 2.45) is 0 Å². The Labute approximate surface area is 167 Å². The molecule has 0 spiro atoms. The number of aromatic nitrogens is 2. The van der Waals surface area contributed by atoms with E-state index in [0.717, 1.165) is 22.3 Å². The van der Waals surface area contributed by atoms with Gasteiger partial charge in [0.2, 0.25) is 0 Å². The summed E-state index contributed by atoms with van der Waals surface area (Å²) in [6.07, 6.45) is 0. The number of nitrogens with one attached hydrogen (secondary N) is 3. The van der Waals surface area contributed by atoms with Crippen LogP contribution in [-0.4, -0.2) is 34.4 Å². The minimum atomic E-state index is -1.08. The number of fused-ring (bicyclic) bond motifs is 4. The van der Waals surface area contributed by atoms with E-state index in [2.05, 4.69) is 15.3 Å². The van der Waals surface area contributed by atoms with Crippen molar-refractivity contribution in [1.82, 2.24) is 20.2 Å². The minimum Gasteiger partial charge on any atom is -0.350 e. The molecule has 0 fully saturated rings. The highest BCUT2D eigenvalue weighted by Gasteiger charge is 2.31. The first kappa shape index (κ1) is 18.0. The van der Waals surface area contributed by atoms with Crippen LogP contribution in [0.3, 0.4) is 0 Å². The molecule has 1 aromatic carbocycles. The number of carbonyl (C=O) groups excluding carboxylic acids is 1. The third kappa shape index (κ3) is 2.77. The first-order valence-corrected chi connectivity index (χ1v) is 9.90. The number of H-pyrrole nitrogens is 2. The van der Waals surface area contributed by atoms with Gasteiger partial charge in [-0.25, -0.2) is 8.78 Å². The van der Waals surface area contributed by atoms with Gasteiger partial charge < -0.3 is 20.2 Å². The van der Waals surface area contributed by atoms with Gasteiger partial charge in [0.25, 0.3) is 11.5 Å². The summed E-state index contributed by atoms with van der Waals surface area (Å²) in [5.74, 6) is -2.33. The molecule has 0 saturated heterocycles. The lowest BCUT2D eigenvalue weighted by Gasteiger charge is -2.34. The van der Waals surface area contributed by atoms with Crippen molar-refractivity contribution in [2.75, 3.05) is 13.6 Å². The van der Waals surface area contributed by atoms with Gasteiger partial charge in [0, 0.05) is 31.4 Å². The van der Waals surface area contributed by atoms with Gasteiger partial charge in [-0.15, -0.1) is 11.3 Å². The van der Waals surface area contributed by atoms with Crippen molar-refractivity contribution in [1.29, 1.82) is 0 Å². The van der Waals surface area contributed by atoms with E-state index in [9.17, 15) is 18.4 Å². The fourth-order valence-electron chi connectivity index (χ4n) is 3.97. The van der Waals surface area contributed by atoms with Crippen LogP contribution in [0.1, 0.15) is 27.8 Å². The van der Waals surface area contributed by atoms with Crippen LogP contribution < -0.4 is 10.9 Å². The van der Waals surface area contributed by atoms with Crippen molar-refractivity contribution in [2.45, 2.75) is 12.6 Å². The van der Waals surface area contributed by atoms with Crippen molar-refractivity contribution >= 4 is 38.2 Å². The number of rotatable bonds is 2. The summed E-state index contributed by atoms with van der Waals surface area (Å²) in [5.41, 5.74) is 2.05. The third-order valence-electron chi connectivity index (χ3n) is 5.42. The fraction of sp³-hybridized carbons (Fsp3) is 0.200. The lowest BCUT2D eigenvalue weighted by molar-refractivity contribution is 0.0718. The number of benzene rings is 1. The zero-order valence-corrected chi connectivity index (χ0v) is 16.1. The number of thiophene rings is 1. The summed E-state index contributed by atoms with van der Waals surface area (Å²) < 4.78 is 28.7. The number of halogens is 2. The molecular formula is C20H16F2N4O2S. The average Bonchev–Trinajstić information content (AvgIpc) is 3.30. The smallest absolute Gasteiger partial charge is 0.270 e. The highest BCUT2D eigenvalue weighted by Crippen LogP contribution is 2.33. The van der Waals surface area contributed by atoms with Gasteiger partial charge in [-0.05, 0) is 35.0 Å². The van der Waals surface area contributed by atoms with E-state index in [1.165, 1.54) is 11.3 Å². The summed E-state index contributed by atoms with van der Waals surface area (Å²) >= 11 is 1.54. The molecule has 1 amide bonds. The Hall–Kier alpha value is -3.04. The van der Waals surface area contributed by atoms with Crippen LogP contribution in [0.2, 0.25) is 0 Å². The molecule has 0 unspecified atom stereocenters. The van der Waals surface area contributed by atoms with Gasteiger partial charge in [0.05, 0.1) is 21.6 Å². The molecule has 3 N–H and O–H groups in total. The number of aromatic amines is 2. The monoisotopic (exact) mass is 414 g/mol. The molecule has 3 aromatic heterocycles. The number of carbonyl (C=O) groups is 1. The van der Waals surface area contributed by atoms with E-state index >= 15 is 0 Å². The Balaban J connectivity index is 1.63. The van der Waals surface area contributed by atoms with Gasteiger partial charge in [0.15, 0.2) is 11.6 Å². The van der Waals surface area contributed by atoms with Crippen molar-refractivity contribution in [3.63, 3.8) is 0 Å². The second kappa shape index (κ2) is 6.50. The van der Waals surface area contributed by atoms with Crippen molar-refractivity contribution in [3.05, 3.63) is 68.6 Å². The lowest BCUT2D eigenvalue weighted by Crippen LogP contribution is -2.42. The molecule has 0 saturated carbocycles. The van der Waals surface area contributed by atoms with E-state index in [1.807, 2.05) is 11.4 Å². The summed E-state index contributed by atoms with van der Waals surface area (Å²) in [6.45, 7) is 0.792. The first-order valence-electron chi connectivity index (χ1n) is 9.02. The van der Waals surface area contributed by atoms with Crippen LogP contribution in [0.4, 0.5) is 8.78 Å². The van der Waals surface area contributed by atoms with E-state index in [1.54, 1.807) is 18.0 Å². The molecule has 5 rings (SSSR count). The van der Waals surface area contributed by atoms with Crippen LogP contribution in [0.5, 0.6) is 0 Å². The number of amides is 1. The standard InChI is InChI=1S/C20H16F2N4O2S/c1-26(20(28)14-6-17-13(24-14)2-3-29-17)16-8-23-7-15-18(16)9-4-11(21)12(22)5-10(9)19(27)25-15/h2-6,16,23-24H,7-8H2,1H3,(H,25,27)/t16-/m1/s1. The summed E-state index contributed by atoms with van der Waals surface area (Å²) in [6, 6.07) is 5.20. The van der Waals surface area contributed by atoms with Crippen LogP contribution in [0.25, 0.3) is 21.0 Å². The molecule has 4 aromatic rings. The molecule has 1 aliphatic rings. The van der Waals surface area contributed by atoms with Crippen LogP contribution >= 0.6 is 11.3 Å². The third-order valence-corrected chi connectivity index (χ3v) is 6.28. The second-order valence-electron chi connectivity index (χ2n) is 7.10. The van der Waals surface area contributed by atoms with Crippen LogP contribution in [-0.2, 0) is 6.54 Å². The SMILES string of the molecule is CN(C(=O)c1cc2sccc2[nH]1)[C@@H]1CNCc2[nH]c(=O)c3cc(F)c(F)cc3c21.